The van der Waals surface area contributed by atoms with E-state index in [0.717, 1.165) is 18.8 Å². The van der Waals surface area contributed by atoms with Gasteiger partial charge in [0.15, 0.2) is 8.32 Å². The van der Waals surface area contributed by atoms with Crippen LogP contribution in [0.25, 0.3) is 0 Å². The van der Waals surface area contributed by atoms with E-state index in [9.17, 15) is 0 Å². The zero-order valence-electron chi connectivity index (χ0n) is 12.4. The van der Waals surface area contributed by atoms with Gasteiger partial charge in [-0.3, -0.25) is 0 Å². The maximum Gasteiger partial charge on any atom is 0.192 e. The topological polar surface area (TPSA) is 33.6 Å². The van der Waals surface area contributed by atoms with Gasteiger partial charge < -0.3 is 9.74 Å². The fourth-order valence-electron chi connectivity index (χ4n) is 0.868. The second-order valence-electron chi connectivity index (χ2n) is 5.75. The highest BCUT2D eigenvalue weighted by Crippen LogP contribution is 2.36. The number of nitrogens with one attached hydrogen (secondary N) is 1. The third kappa shape index (κ3) is 6.63. The first-order chi connectivity index (χ1) is 7.70. The second kappa shape index (κ2) is 6.96. The molecule has 0 radical (unpaired) electrons. The largest absolute Gasteiger partial charge is 0.415 e. The third-order valence-corrected chi connectivity index (χ3v) is 7.83. The van der Waals surface area contributed by atoms with E-state index in [1.807, 2.05) is 19.9 Å². The zero-order chi connectivity index (χ0) is 13.5. The van der Waals surface area contributed by atoms with Gasteiger partial charge in [-0.1, -0.05) is 26.8 Å². The predicted octanol–water partition coefficient (Wildman–Crippen LogP) is 3.55. The molecule has 0 rings (SSSR count). The van der Waals surface area contributed by atoms with Crippen LogP contribution < -0.4 is 5.32 Å². The van der Waals surface area contributed by atoms with E-state index in [1.54, 1.807) is 6.34 Å². The van der Waals surface area contributed by atoms with Crippen LogP contribution in [0.1, 0.15) is 34.6 Å². The molecule has 0 atom stereocenters. The van der Waals surface area contributed by atoms with Crippen molar-refractivity contribution in [3.8, 4) is 0 Å². The predicted molar refractivity (Wildman–Crippen MR) is 79.1 cm³/mol. The Hall–Kier alpha value is -0.613. The molecule has 17 heavy (non-hydrogen) atoms. The van der Waals surface area contributed by atoms with Gasteiger partial charge in [-0.15, -0.1) is 0 Å². The van der Waals surface area contributed by atoms with E-state index in [1.165, 1.54) is 0 Å². The Balaban J connectivity index is 3.83. The highest BCUT2D eigenvalue weighted by Gasteiger charge is 2.36. The average Bonchev–Trinajstić information content (AvgIpc) is 2.21. The van der Waals surface area contributed by atoms with Crippen molar-refractivity contribution in [3.05, 3.63) is 11.8 Å². The lowest BCUT2D eigenvalue weighted by Crippen LogP contribution is -2.42. The van der Waals surface area contributed by atoms with Crippen molar-refractivity contribution in [1.82, 2.24) is 5.32 Å². The van der Waals surface area contributed by atoms with Crippen LogP contribution in [0.3, 0.4) is 0 Å². The lowest BCUT2D eigenvalue weighted by Gasteiger charge is -2.36. The van der Waals surface area contributed by atoms with Crippen molar-refractivity contribution in [1.29, 1.82) is 0 Å². The first-order valence-corrected chi connectivity index (χ1v) is 9.14. The first kappa shape index (κ1) is 16.4. The number of rotatable bonds is 6. The van der Waals surface area contributed by atoms with Crippen molar-refractivity contribution in [2.45, 2.75) is 52.8 Å². The van der Waals surface area contributed by atoms with Crippen molar-refractivity contribution in [2.24, 2.45) is 4.99 Å². The minimum Gasteiger partial charge on any atom is -0.415 e. The van der Waals surface area contributed by atoms with Crippen LogP contribution in [0.2, 0.25) is 18.1 Å². The van der Waals surface area contributed by atoms with Crippen molar-refractivity contribution in [2.75, 3.05) is 13.2 Å². The van der Waals surface area contributed by atoms with Gasteiger partial charge in [0.2, 0.25) is 0 Å². The quantitative estimate of drug-likeness (QED) is 0.341. The Morgan fingerprint density at radius 1 is 1.35 bits per heavy atom. The molecule has 0 fully saturated rings. The summed E-state index contributed by atoms with van der Waals surface area (Å²) >= 11 is 0. The molecule has 100 valence electrons. The Kier molecular flexibility index (Phi) is 6.71. The molecule has 0 heterocycles. The molecule has 0 aromatic heterocycles. The van der Waals surface area contributed by atoms with Crippen LogP contribution >= 0.6 is 0 Å². The van der Waals surface area contributed by atoms with Gasteiger partial charge in [-0.05, 0) is 32.0 Å². The van der Waals surface area contributed by atoms with E-state index in [2.05, 4.69) is 44.2 Å². The molecule has 1 N–H and O–H groups in total. The van der Waals surface area contributed by atoms with Gasteiger partial charge in [0.1, 0.15) is 0 Å². The molecule has 0 saturated heterocycles. The van der Waals surface area contributed by atoms with Crippen LogP contribution in [0.4, 0.5) is 0 Å². The lowest BCUT2D eigenvalue weighted by molar-refractivity contribution is 0.293. The van der Waals surface area contributed by atoms with E-state index in [4.69, 9.17) is 4.43 Å². The Labute approximate surface area is 107 Å². The first-order valence-electron chi connectivity index (χ1n) is 6.23. The third-order valence-electron chi connectivity index (χ3n) is 3.29. The van der Waals surface area contributed by atoms with E-state index in [-0.39, 0.29) is 5.04 Å². The van der Waals surface area contributed by atoms with Crippen LogP contribution in [0.15, 0.2) is 16.8 Å². The summed E-state index contributed by atoms with van der Waals surface area (Å²) in [4.78, 5) is 4.21. The molecule has 4 heteroatoms. The minimum atomic E-state index is -1.59. The number of aliphatic imine (C=N–C) groups is 1. The van der Waals surface area contributed by atoms with Crippen molar-refractivity contribution >= 4 is 14.7 Å². The van der Waals surface area contributed by atoms with Gasteiger partial charge in [0, 0.05) is 12.2 Å². The molecule has 0 unspecified atom stereocenters. The Bertz CT molecular complexity index is 278. The van der Waals surface area contributed by atoms with E-state index < -0.39 is 8.32 Å². The summed E-state index contributed by atoms with van der Waals surface area (Å²) in [5.74, 6) is 0. The summed E-state index contributed by atoms with van der Waals surface area (Å²) in [7, 11) is -1.59. The minimum absolute atomic E-state index is 0.280. The zero-order valence-corrected chi connectivity index (χ0v) is 13.4. The standard InChI is InChI=1S/C13H28N2OSi/c1-8-12(2)15-11-14-9-10-16-17(6,7)13(3,4)5/h8,11H,9-10H2,1-7H3,(H,14,15)/b12-8-. The maximum absolute atomic E-state index is 6.03. The molecule has 0 aliphatic rings. The lowest BCUT2D eigenvalue weighted by atomic mass is 10.2. The van der Waals surface area contributed by atoms with Gasteiger partial charge >= 0.3 is 0 Å². The Morgan fingerprint density at radius 2 is 1.94 bits per heavy atom. The number of hydrogen-bond donors (Lipinski definition) is 1. The number of allylic oxidation sites excluding steroid dienone is 2. The fraction of sp³-hybridized carbons (Fsp3) is 0.769. The van der Waals surface area contributed by atoms with Crippen molar-refractivity contribution < 1.29 is 4.43 Å². The summed E-state index contributed by atoms with van der Waals surface area (Å²) in [6.07, 6.45) is 3.72. The van der Waals surface area contributed by atoms with Gasteiger partial charge in [-0.25, -0.2) is 4.99 Å². The van der Waals surface area contributed by atoms with Crippen LogP contribution in [-0.2, 0) is 4.43 Å². The van der Waals surface area contributed by atoms with Gasteiger partial charge in [0.25, 0.3) is 0 Å². The number of nitrogens with zero attached hydrogens (tertiary/aromatic N) is 1. The average molecular weight is 256 g/mol. The molecule has 0 aliphatic carbocycles. The highest BCUT2D eigenvalue weighted by molar-refractivity contribution is 6.74. The summed E-state index contributed by atoms with van der Waals surface area (Å²) in [5, 5.41) is 3.42. The summed E-state index contributed by atoms with van der Waals surface area (Å²) in [5.41, 5.74) is 1.02. The van der Waals surface area contributed by atoms with Gasteiger partial charge in [0.05, 0.1) is 12.9 Å². The molecular formula is C13H28N2OSi. The molecular weight excluding hydrogens is 228 g/mol. The maximum atomic E-state index is 6.03. The fourth-order valence-corrected chi connectivity index (χ4v) is 1.91. The summed E-state index contributed by atoms with van der Waals surface area (Å²) < 4.78 is 6.03. The number of hydrogen-bond acceptors (Lipinski definition) is 2. The molecule has 0 saturated carbocycles. The second-order valence-corrected chi connectivity index (χ2v) is 10.6. The van der Waals surface area contributed by atoms with Crippen LogP contribution in [0, 0.1) is 0 Å². The Morgan fingerprint density at radius 3 is 2.41 bits per heavy atom. The molecule has 3 nitrogen and oxygen atoms in total. The highest BCUT2D eigenvalue weighted by atomic mass is 28.4. The SMILES string of the molecule is C/C=C(C)\N=C/NCCO[Si](C)(C)C(C)(C)C. The molecule has 0 aromatic carbocycles. The van der Waals surface area contributed by atoms with Crippen LogP contribution in [0.5, 0.6) is 0 Å². The van der Waals surface area contributed by atoms with Gasteiger partial charge in [-0.2, -0.15) is 0 Å². The molecule has 0 aliphatic heterocycles. The molecule has 0 aromatic rings. The molecule has 0 spiro atoms. The summed E-state index contributed by atoms with van der Waals surface area (Å²) in [6.45, 7) is 16.8. The van der Waals surface area contributed by atoms with Crippen LogP contribution in [-0.4, -0.2) is 27.8 Å². The monoisotopic (exact) mass is 256 g/mol. The van der Waals surface area contributed by atoms with E-state index >= 15 is 0 Å². The van der Waals surface area contributed by atoms with E-state index in [0.29, 0.717) is 0 Å². The molecule has 0 bridgehead atoms. The van der Waals surface area contributed by atoms with Crippen molar-refractivity contribution in [3.63, 3.8) is 0 Å². The smallest absolute Gasteiger partial charge is 0.192 e. The molecule has 0 amide bonds. The normalized spacial score (nSPS) is 14.4. The summed E-state index contributed by atoms with van der Waals surface area (Å²) in [6, 6.07) is 0.